The molecule has 2 aliphatic carbocycles. The van der Waals surface area contributed by atoms with E-state index in [2.05, 4.69) is 12.1 Å². The number of carbonyl (C=O) groups excluding carboxylic acids is 2. The average molecular weight is 370 g/mol. The third kappa shape index (κ3) is 4.77. The van der Waals surface area contributed by atoms with Crippen molar-refractivity contribution in [2.75, 3.05) is 13.2 Å². The quantitative estimate of drug-likeness (QED) is 0.601. The van der Waals surface area contributed by atoms with Crippen LogP contribution in [0, 0.1) is 28.1 Å². The maximum Gasteiger partial charge on any atom is 0.333 e. The highest BCUT2D eigenvalue weighted by Crippen LogP contribution is 2.42. The summed E-state index contributed by atoms with van der Waals surface area (Å²) >= 11 is 0. The normalized spacial score (nSPS) is 16.9. The molecule has 2 aliphatic rings. The van der Waals surface area contributed by atoms with Crippen LogP contribution >= 0.6 is 0 Å². The van der Waals surface area contributed by atoms with E-state index in [1.165, 1.54) is 0 Å². The Balaban J connectivity index is 2.28. The molecule has 0 unspecified atom stereocenters. The zero-order chi connectivity index (χ0) is 19.9. The SMILES string of the molecule is CCOC(=O)C1=C(CC(C#N)(C#N)CC2=C(C(=O)OCC)CCC2)CCC1. The van der Waals surface area contributed by atoms with Crippen LogP contribution in [0.15, 0.2) is 22.3 Å². The van der Waals surface area contributed by atoms with Gasteiger partial charge in [0, 0.05) is 24.0 Å². The van der Waals surface area contributed by atoms with E-state index in [1.807, 2.05) is 0 Å². The van der Waals surface area contributed by atoms with Crippen LogP contribution in [0.4, 0.5) is 0 Å². The number of ether oxygens (including phenoxy) is 2. The van der Waals surface area contributed by atoms with Crippen LogP contribution in [0.5, 0.6) is 0 Å². The summed E-state index contributed by atoms with van der Waals surface area (Å²) in [5.74, 6) is -0.691. The van der Waals surface area contributed by atoms with Gasteiger partial charge in [-0.05, 0) is 52.4 Å². The van der Waals surface area contributed by atoms with Crippen LogP contribution in [-0.4, -0.2) is 25.2 Å². The maximum atomic E-state index is 12.2. The van der Waals surface area contributed by atoms with E-state index in [0.717, 1.165) is 24.0 Å². The van der Waals surface area contributed by atoms with E-state index in [1.54, 1.807) is 13.8 Å². The fourth-order valence-electron chi connectivity index (χ4n) is 3.91. The van der Waals surface area contributed by atoms with Gasteiger partial charge in [-0.25, -0.2) is 9.59 Å². The zero-order valence-electron chi connectivity index (χ0n) is 16.1. The topological polar surface area (TPSA) is 100 Å². The van der Waals surface area contributed by atoms with E-state index in [0.29, 0.717) is 50.0 Å². The molecule has 6 heteroatoms. The molecule has 0 aromatic rings. The van der Waals surface area contributed by atoms with Gasteiger partial charge >= 0.3 is 11.9 Å². The fourth-order valence-corrected chi connectivity index (χ4v) is 3.91. The monoisotopic (exact) mass is 370 g/mol. The Morgan fingerprint density at radius 2 is 1.26 bits per heavy atom. The van der Waals surface area contributed by atoms with Crippen LogP contribution in [0.25, 0.3) is 0 Å². The highest BCUT2D eigenvalue weighted by Gasteiger charge is 2.37. The smallest absolute Gasteiger partial charge is 0.333 e. The van der Waals surface area contributed by atoms with E-state index in [9.17, 15) is 20.1 Å². The highest BCUT2D eigenvalue weighted by atomic mass is 16.5. The molecule has 0 aromatic heterocycles. The Kier molecular flexibility index (Phi) is 7.19. The summed E-state index contributed by atoms with van der Waals surface area (Å²) in [6.07, 6.45) is 4.73. The van der Waals surface area contributed by atoms with Gasteiger partial charge in [0.25, 0.3) is 0 Å². The predicted octanol–water partition coefficient (Wildman–Crippen LogP) is 3.89. The summed E-state index contributed by atoms with van der Waals surface area (Å²) in [7, 11) is 0. The minimum Gasteiger partial charge on any atom is -0.463 e. The number of nitriles is 2. The number of rotatable bonds is 8. The van der Waals surface area contributed by atoms with Gasteiger partial charge in [-0.2, -0.15) is 10.5 Å². The summed E-state index contributed by atoms with van der Waals surface area (Å²) in [5.41, 5.74) is 1.62. The van der Waals surface area contributed by atoms with Gasteiger partial charge in [0.15, 0.2) is 5.41 Å². The van der Waals surface area contributed by atoms with Crippen molar-refractivity contribution >= 4 is 11.9 Å². The molecule has 0 amide bonds. The molecule has 0 bridgehead atoms. The summed E-state index contributed by atoms with van der Waals surface area (Å²) in [5, 5.41) is 19.6. The largest absolute Gasteiger partial charge is 0.463 e. The van der Waals surface area contributed by atoms with Gasteiger partial charge in [0.1, 0.15) is 0 Å². The first-order chi connectivity index (χ1) is 13.0. The van der Waals surface area contributed by atoms with Gasteiger partial charge in [-0.15, -0.1) is 0 Å². The molecule has 6 nitrogen and oxygen atoms in total. The number of hydrogen-bond donors (Lipinski definition) is 0. The second-order valence-electron chi connectivity index (χ2n) is 6.97. The average Bonchev–Trinajstić information content (AvgIpc) is 3.30. The molecule has 0 aromatic carbocycles. The molecule has 0 saturated carbocycles. The number of nitrogens with zero attached hydrogens (tertiary/aromatic N) is 2. The van der Waals surface area contributed by atoms with Gasteiger partial charge < -0.3 is 9.47 Å². The third-order valence-corrected chi connectivity index (χ3v) is 5.17. The molecular formula is C21H26N2O4. The van der Waals surface area contributed by atoms with Crippen molar-refractivity contribution in [3.63, 3.8) is 0 Å². The van der Waals surface area contributed by atoms with Gasteiger partial charge in [0.05, 0.1) is 25.4 Å². The van der Waals surface area contributed by atoms with E-state index in [4.69, 9.17) is 9.47 Å². The number of esters is 2. The standard InChI is InChI=1S/C21H26N2O4/c1-3-26-19(24)17-9-5-7-15(17)11-21(13-22,14-23)12-16-8-6-10-18(16)20(25)27-4-2/h3-12H2,1-2H3. The number of hydrogen-bond acceptors (Lipinski definition) is 6. The van der Waals surface area contributed by atoms with Gasteiger partial charge in [-0.3, -0.25) is 0 Å². The second kappa shape index (κ2) is 9.37. The van der Waals surface area contributed by atoms with Gasteiger partial charge in [0.2, 0.25) is 0 Å². The molecule has 0 saturated heterocycles. The summed E-state index contributed by atoms with van der Waals surface area (Å²) in [6, 6.07) is 4.34. The fraction of sp³-hybridized carbons (Fsp3) is 0.619. The van der Waals surface area contributed by atoms with Crippen LogP contribution in [0.3, 0.4) is 0 Å². The van der Waals surface area contributed by atoms with Crippen molar-refractivity contribution in [1.82, 2.24) is 0 Å². The van der Waals surface area contributed by atoms with Crippen molar-refractivity contribution in [2.45, 2.75) is 65.2 Å². The highest BCUT2D eigenvalue weighted by molar-refractivity contribution is 5.90. The lowest BCUT2D eigenvalue weighted by Gasteiger charge is -2.21. The Morgan fingerprint density at radius 3 is 1.59 bits per heavy atom. The maximum absolute atomic E-state index is 12.2. The van der Waals surface area contributed by atoms with E-state index in [-0.39, 0.29) is 24.8 Å². The summed E-state index contributed by atoms with van der Waals surface area (Å²) in [6.45, 7) is 4.11. The molecule has 144 valence electrons. The minimum atomic E-state index is -1.28. The van der Waals surface area contributed by atoms with Crippen LogP contribution in [0.2, 0.25) is 0 Å². The van der Waals surface area contributed by atoms with Crippen molar-refractivity contribution in [2.24, 2.45) is 5.41 Å². The molecular weight excluding hydrogens is 344 g/mol. The van der Waals surface area contributed by atoms with E-state index >= 15 is 0 Å². The molecule has 27 heavy (non-hydrogen) atoms. The molecule has 2 rings (SSSR count). The Bertz CT molecular complexity index is 685. The first-order valence-electron chi connectivity index (χ1n) is 9.58. The van der Waals surface area contributed by atoms with Crippen LogP contribution in [-0.2, 0) is 19.1 Å². The molecule has 0 spiro atoms. The Labute approximate surface area is 160 Å². The first kappa shape index (κ1) is 20.7. The minimum absolute atomic E-state index is 0.216. The summed E-state index contributed by atoms with van der Waals surface area (Å²) < 4.78 is 10.2. The van der Waals surface area contributed by atoms with Crippen molar-refractivity contribution in [3.05, 3.63) is 22.3 Å². The third-order valence-electron chi connectivity index (χ3n) is 5.17. The predicted molar refractivity (Wildman–Crippen MR) is 97.9 cm³/mol. The lowest BCUT2D eigenvalue weighted by Crippen LogP contribution is -2.20. The van der Waals surface area contributed by atoms with Crippen molar-refractivity contribution < 1.29 is 19.1 Å². The molecule has 0 radical (unpaired) electrons. The van der Waals surface area contributed by atoms with Crippen LogP contribution < -0.4 is 0 Å². The Hall–Kier alpha value is -2.60. The first-order valence-corrected chi connectivity index (χ1v) is 9.58. The van der Waals surface area contributed by atoms with Crippen molar-refractivity contribution in [1.29, 1.82) is 10.5 Å². The molecule has 0 fully saturated rings. The van der Waals surface area contributed by atoms with Gasteiger partial charge in [-0.1, -0.05) is 11.1 Å². The Morgan fingerprint density at radius 1 is 0.852 bits per heavy atom. The zero-order valence-corrected chi connectivity index (χ0v) is 16.1. The molecule has 0 atom stereocenters. The molecule has 0 N–H and O–H groups in total. The lowest BCUT2D eigenvalue weighted by molar-refractivity contribution is -0.139. The van der Waals surface area contributed by atoms with Crippen molar-refractivity contribution in [3.8, 4) is 12.1 Å². The molecule has 0 heterocycles. The second-order valence-corrected chi connectivity index (χ2v) is 6.97. The lowest BCUT2D eigenvalue weighted by atomic mass is 9.77. The number of carbonyl (C=O) groups is 2. The van der Waals surface area contributed by atoms with Crippen LogP contribution in [0.1, 0.15) is 65.2 Å². The summed E-state index contributed by atoms with van der Waals surface area (Å²) in [4.78, 5) is 24.3. The molecule has 0 aliphatic heterocycles. The number of allylic oxidation sites excluding steroid dienone is 2. The van der Waals surface area contributed by atoms with E-state index < -0.39 is 5.41 Å².